The fourth-order valence-corrected chi connectivity index (χ4v) is 1.98. The van der Waals surface area contributed by atoms with Crippen molar-refractivity contribution >= 4 is 8.19 Å². The van der Waals surface area contributed by atoms with E-state index in [9.17, 15) is 0 Å². The maximum atomic E-state index is 4.28. The summed E-state index contributed by atoms with van der Waals surface area (Å²) < 4.78 is 0. The molecular weight excluding hydrogens is 165 g/mol. The van der Waals surface area contributed by atoms with Gasteiger partial charge in [0, 0.05) is 12.6 Å². The highest BCUT2D eigenvalue weighted by molar-refractivity contribution is 7.29. The number of rotatable bonds is 2. The lowest BCUT2D eigenvalue weighted by molar-refractivity contribution is 1.14. The quantitative estimate of drug-likeness (QED) is 0.683. The molecule has 12 heavy (non-hydrogen) atoms. The maximum absolute atomic E-state index is 4.28. The first-order chi connectivity index (χ1) is 5.95. The molecule has 0 aliphatic heterocycles. The van der Waals surface area contributed by atoms with Crippen LogP contribution in [0.5, 0.6) is 0 Å². The monoisotopic (exact) mass is 175 g/mol. The smallest absolute Gasteiger partial charge is 0.0605 e. The molecule has 0 amide bonds. The van der Waals surface area contributed by atoms with Gasteiger partial charge in [0.15, 0.2) is 0 Å². The highest BCUT2D eigenvalue weighted by atomic mass is 31.0. The summed E-state index contributed by atoms with van der Waals surface area (Å²) in [4.78, 5) is 4.28. The zero-order valence-electron chi connectivity index (χ0n) is 6.70. The van der Waals surface area contributed by atoms with Gasteiger partial charge in [0.25, 0.3) is 0 Å². The van der Waals surface area contributed by atoms with Gasteiger partial charge in [-0.1, -0.05) is 30.3 Å². The van der Waals surface area contributed by atoms with Crippen molar-refractivity contribution in [2.45, 2.75) is 6.42 Å². The highest BCUT2D eigenvalue weighted by Gasteiger charge is 1.94. The molecule has 2 heteroatoms. The van der Waals surface area contributed by atoms with Crippen LogP contribution in [-0.4, -0.2) is 4.98 Å². The van der Waals surface area contributed by atoms with Gasteiger partial charge in [-0.3, -0.25) is 4.98 Å². The molecule has 1 atom stereocenters. The van der Waals surface area contributed by atoms with Crippen molar-refractivity contribution in [3.63, 3.8) is 0 Å². The lowest BCUT2D eigenvalue weighted by atomic mass is 10.2. The predicted octanol–water partition coefficient (Wildman–Crippen LogP) is 2.70. The second-order valence-corrected chi connectivity index (χ2v) is 3.90. The molecule has 0 bridgehead atoms. The van der Waals surface area contributed by atoms with Gasteiger partial charge in [-0.25, -0.2) is 0 Å². The van der Waals surface area contributed by atoms with Gasteiger partial charge in [-0.15, -0.1) is 8.19 Å². The number of nitrogens with zero attached hydrogens (tertiary/aromatic N) is 1. The first-order valence-corrected chi connectivity index (χ1v) is 5.05. The van der Waals surface area contributed by atoms with Gasteiger partial charge in [0.1, 0.15) is 0 Å². The minimum atomic E-state index is 0.795. The van der Waals surface area contributed by atoms with Crippen molar-refractivity contribution in [3.8, 4) is 0 Å². The van der Waals surface area contributed by atoms with Gasteiger partial charge in [0.2, 0.25) is 0 Å². The third-order valence-corrected chi connectivity index (χ3v) is 2.72. The first kappa shape index (κ1) is 7.57. The van der Waals surface area contributed by atoms with E-state index in [1.54, 1.807) is 0 Å². The van der Waals surface area contributed by atoms with Crippen molar-refractivity contribution in [3.05, 3.63) is 53.3 Å². The number of aromatic nitrogens is 1. The summed E-state index contributed by atoms with van der Waals surface area (Å²) in [6.07, 6.45) is 2.91. The van der Waals surface area contributed by atoms with Crippen LogP contribution in [0.3, 0.4) is 0 Å². The van der Waals surface area contributed by atoms with E-state index in [1.165, 1.54) is 11.0 Å². The van der Waals surface area contributed by atoms with E-state index in [1.807, 2.05) is 12.3 Å². The Labute approximate surface area is 73.6 Å². The fraction of sp³-hybridized carbons (Fsp3) is 0.100. The van der Waals surface area contributed by atoms with Crippen LogP contribution in [0.1, 0.15) is 11.0 Å². The van der Waals surface area contributed by atoms with Crippen molar-refractivity contribution in [2.24, 2.45) is 0 Å². The summed E-state index contributed by atoms with van der Waals surface area (Å²) >= 11 is 0. The molecule has 60 valence electrons. The maximum Gasteiger partial charge on any atom is 0.0605 e. The van der Waals surface area contributed by atoms with Crippen LogP contribution in [0.25, 0.3) is 0 Å². The third-order valence-electron chi connectivity index (χ3n) is 1.77. The molecule has 0 radical (unpaired) electrons. The minimum Gasteiger partial charge on any atom is -0.257 e. The molecule has 0 saturated heterocycles. The van der Waals surface area contributed by atoms with Gasteiger partial charge in [-0.05, 0) is 11.4 Å². The topological polar surface area (TPSA) is 12.9 Å². The fourth-order valence-electron chi connectivity index (χ4n) is 1.18. The highest BCUT2D eigenvalue weighted by Crippen LogP contribution is 2.15. The standard InChI is InChI=1S/C10H10NP/c1-2-4-9(5-3-1)8-10-11-6-7-12-10/h1-7,12H,8H2. The predicted molar refractivity (Wildman–Crippen MR) is 53.0 cm³/mol. The zero-order valence-corrected chi connectivity index (χ0v) is 7.70. The van der Waals surface area contributed by atoms with E-state index in [2.05, 4.69) is 35.0 Å². The molecule has 0 saturated carbocycles. The van der Waals surface area contributed by atoms with Crippen molar-refractivity contribution in [2.75, 3.05) is 0 Å². The minimum absolute atomic E-state index is 0.795. The van der Waals surface area contributed by atoms with Crippen LogP contribution in [0.4, 0.5) is 0 Å². The molecule has 0 N–H and O–H groups in total. The lowest BCUT2D eigenvalue weighted by Gasteiger charge is -1.95. The van der Waals surface area contributed by atoms with Crippen molar-refractivity contribution in [1.82, 2.24) is 4.98 Å². The average Bonchev–Trinajstić information content (AvgIpc) is 2.59. The Morgan fingerprint density at radius 1 is 1.17 bits per heavy atom. The van der Waals surface area contributed by atoms with Gasteiger partial charge < -0.3 is 0 Å². The van der Waals surface area contributed by atoms with Crippen LogP contribution in [-0.2, 0) is 6.42 Å². The Kier molecular flexibility index (Phi) is 2.24. The summed E-state index contributed by atoms with van der Waals surface area (Å²) in [5.74, 6) is 2.12. The number of hydrogen-bond donors (Lipinski definition) is 0. The second-order valence-electron chi connectivity index (χ2n) is 2.70. The number of hydrogen-bond acceptors (Lipinski definition) is 1. The van der Waals surface area contributed by atoms with E-state index >= 15 is 0 Å². The van der Waals surface area contributed by atoms with Gasteiger partial charge in [-0.2, -0.15) is 0 Å². The summed E-state index contributed by atoms with van der Waals surface area (Å²) in [5.41, 5.74) is 2.65. The summed E-state index contributed by atoms with van der Waals surface area (Å²) in [6, 6.07) is 10.5. The average molecular weight is 175 g/mol. The Morgan fingerprint density at radius 2 is 2.00 bits per heavy atom. The molecule has 0 fully saturated rings. The Morgan fingerprint density at radius 3 is 2.67 bits per heavy atom. The van der Waals surface area contributed by atoms with Crippen LogP contribution in [0.2, 0.25) is 0 Å². The first-order valence-electron chi connectivity index (χ1n) is 3.97. The lowest BCUT2D eigenvalue weighted by Crippen LogP contribution is -1.84. The normalized spacial score (nSPS) is 10.7. The molecule has 0 aliphatic rings. The summed E-state index contributed by atoms with van der Waals surface area (Å²) in [6.45, 7) is 0. The Bertz CT molecular complexity index is 326. The second kappa shape index (κ2) is 3.55. The molecule has 2 aromatic rings. The van der Waals surface area contributed by atoms with Crippen LogP contribution in [0, 0.1) is 0 Å². The molecule has 1 aromatic heterocycles. The third kappa shape index (κ3) is 1.75. The molecule has 0 aliphatic carbocycles. The van der Waals surface area contributed by atoms with Crippen molar-refractivity contribution < 1.29 is 0 Å². The Hall–Kier alpha value is -1.07. The number of benzene rings is 1. The SMILES string of the molecule is c1ccc(Cc2ncc[pH]2)cc1. The molecule has 1 aromatic carbocycles. The molecule has 1 unspecified atom stereocenters. The van der Waals surface area contributed by atoms with Crippen LogP contribution < -0.4 is 0 Å². The van der Waals surface area contributed by atoms with E-state index in [0.717, 1.165) is 14.6 Å². The van der Waals surface area contributed by atoms with Gasteiger partial charge in [0.05, 0.1) is 5.43 Å². The van der Waals surface area contributed by atoms with Crippen LogP contribution in [0.15, 0.2) is 42.3 Å². The Balaban J connectivity index is 2.15. The summed E-state index contributed by atoms with van der Waals surface area (Å²) in [5, 5.41) is 0. The van der Waals surface area contributed by atoms with E-state index in [-0.39, 0.29) is 0 Å². The van der Waals surface area contributed by atoms with Crippen molar-refractivity contribution in [1.29, 1.82) is 0 Å². The van der Waals surface area contributed by atoms with E-state index in [0.29, 0.717) is 0 Å². The molecule has 1 nitrogen and oxygen atoms in total. The largest absolute Gasteiger partial charge is 0.257 e. The van der Waals surface area contributed by atoms with Gasteiger partial charge >= 0.3 is 0 Å². The molecule has 1 heterocycles. The van der Waals surface area contributed by atoms with E-state index in [4.69, 9.17) is 0 Å². The molecular formula is C10H10NP. The zero-order chi connectivity index (χ0) is 8.23. The van der Waals surface area contributed by atoms with E-state index < -0.39 is 0 Å². The molecule has 2 rings (SSSR count). The summed E-state index contributed by atoms with van der Waals surface area (Å²) in [7, 11) is 0.795. The molecule has 0 spiro atoms. The van der Waals surface area contributed by atoms with Crippen LogP contribution >= 0.6 is 8.19 Å².